The van der Waals surface area contributed by atoms with Crippen LogP contribution in [-0.4, -0.2) is 22.0 Å². The van der Waals surface area contributed by atoms with Crippen molar-refractivity contribution in [3.8, 4) is 5.75 Å². The minimum Gasteiger partial charge on any atom is -0.485 e. The third-order valence-electron chi connectivity index (χ3n) is 5.47. The van der Waals surface area contributed by atoms with E-state index in [0.29, 0.717) is 39.9 Å². The molecular formula is C27H21N3O4. The van der Waals surface area contributed by atoms with Crippen molar-refractivity contribution < 1.29 is 18.8 Å². The van der Waals surface area contributed by atoms with Crippen molar-refractivity contribution in [3.05, 3.63) is 107 Å². The monoisotopic (exact) mass is 451 g/mol. The molecule has 1 aliphatic heterocycles. The zero-order chi connectivity index (χ0) is 23.7. The summed E-state index contributed by atoms with van der Waals surface area (Å²) in [6.07, 6.45) is 1.79. The highest BCUT2D eigenvalue weighted by Gasteiger charge is 2.35. The van der Waals surface area contributed by atoms with Gasteiger partial charge in [0.15, 0.2) is 6.61 Å². The number of ether oxygens (including phenoxy) is 1. The summed E-state index contributed by atoms with van der Waals surface area (Å²) in [6, 6.07) is 21.9. The van der Waals surface area contributed by atoms with Gasteiger partial charge in [0.25, 0.3) is 11.8 Å². The molecule has 1 aromatic heterocycles. The summed E-state index contributed by atoms with van der Waals surface area (Å²) >= 11 is 0. The van der Waals surface area contributed by atoms with Crippen molar-refractivity contribution in [1.82, 2.24) is 10.1 Å². The molecule has 0 fully saturated rings. The lowest BCUT2D eigenvalue weighted by Gasteiger charge is -2.29. The van der Waals surface area contributed by atoms with Crippen LogP contribution in [0.25, 0.3) is 11.6 Å². The number of carbonyl (C=O) groups is 2. The van der Waals surface area contributed by atoms with Crippen molar-refractivity contribution in [1.29, 1.82) is 0 Å². The van der Waals surface area contributed by atoms with Gasteiger partial charge in [-0.1, -0.05) is 47.6 Å². The van der Waals surface area contributed by atoms with Gasteiger partial charge in [-0.05, 0) is 60.0 Å². The molecule has 0 atom stereocenters. The van der Waals surface area contributed by atoms with Crippen LogP contribution >= 0.6 is 0 Å². The zero-order valence-corrected chi connectivity index (χ0v) is 18.7. The Morgan fingerprint density at radius 2 is 1.68 bits per heavy atom. The van der Waals surface area contributed by atoms with Crippen molar-refractivity contribution in [3.63, 3.8) is 0 Å². The van der Waals surface area contributed by atoms with Crippen molar-refractivity contribution >= 4 is 29.2 Å². The highest BCUT2D eigenvalue weighted by Crippen LogP contribution is 2.33. The molecule has 4 aromatic rings. The number of anilines is 1. The number of aromatic nitrogens is 2. The Morgan fingerprint density at radius 1 is 0.912 bits per heavy atom. The van der Waals surface area contributed by atoms with Gasteiger partial charge in [0.05, 0.1) is 5.69 Å². The highest BCUT2D eigenvalue weighted by atomic mass is 16.5. The molecule has 0 saturated carbocycles. The van der Waals surface area contributed by atoms with E-state index in [9.17, 15) is 9.59 Å². The Morgan fingerprint density at radius 3 is 2.38 bits per heavy atom. The van der Waals surface area contributed by atoms with Gasteiger partial charge < -0.3 is 9.26 Å². The van der Waals surface area contributed by atoms with Crippen LogP contribution in [0.5, 0.6) is 5.75 Å². The maximum atomic E-state index is 13.5. The molecule has 168 valence electrons. The summed E-state index contributed by atoms with van der Waals surface area (Å²) in [4.78, 5) is 32.1. The molecule has 0 unspecified atom stereocenters. The molecule has 3 aromatic carbocycles. The smallest absolute Gasteiger partial charge is 0.265 e. The number of hydrogen-bond acceptors (Lipinski definition) is 6. The Hall–Kier alpha value is -4.52. The van der Waals surface area contributed by atoms with Gasteiger partial charge in [-0.2, -0.15) is 4.98 Å². The van der Waals surface area contributed by atoms with Gasteiger partial charge in [0.1, 0.15) is 5.75 Å². The van der Waals surface area contributed by atoms with Crippen LogP contribution in [-0.2, 0) is 11.4 Å². The van der Waals surface area contributed by atoms with E-state index in [1.54, 1.807) is 37.3 Å². The lowest BCUT2D eigenvalue weighted by molar-refractivity contribution is -0.112. The van der Waals surface area contributed by atoms with Crippen LogP contribution in [0.3, 0.4) is 0 Å². The number of hydrogen-bond donors (Lipinski definition) is 0. The van der Waals surface area contributed by atoms with Crippen LogP contribution in [0.4, 0.5) is 5.69 Å². The molecule has 0 bridgehead atoms. The second-order valence-corrected chi connectivity index (χ2v) is 7.98. The van der Waals surface area contributed by atoms with E-state index in [2.05, 4.69) is 10.1 Å². The van der Waals surface area contributed by atoms with E-state index in [-0.39, 0.29) is 18.4 Å². The molecule has 0 N–H and O–H groups in total. The third-order valence-corrected chi connectivity index (χ3v) is 5.47. The van der Waals surface area contributed by atoms with Gasteiger partial charge in [-0.15, -0.1) is 0 Å². The summed E-state index contributed by atoms with van der Waals surface area (Å²) in [7, 11) is 0. The zero-order valence-electron chi connectivity index (χ0n) is 18.7. The summed E-state index contributed by atoms with van der Waals surface area (Å²) in [5.41, 5.74) is 3.89. The SMILES string of the molecule is Cc1cccc(N2C(=O)/C(=C/c3ccc(OCc4noc(C)n4)cc3)c3ccccc3C2=O)c1. The first-order chi connectivity index (χ1) is 16.5. The first kappa shape index (κ1) is 21.3. The number of nitrogens with zero attached hydrogens (tertiary/aromatic N) is 3. The number of fused-ring (bicyclic) bond motifs is 1. The second-order valence-electron chi connectivity index (χ2n) is 7.98. The van der Waals surface area contributed by atoms with Gasteiger partial charge in [0.2, 0.25) is 11.7 Å². The summed E-state index contributed by atoms with van der Waals surface area (Å²) < 4.78 is 10.6. The molecule has 0 spiro atoms. The van der Waals surface area contributed by atoms with E-state index < -0.39 is 0 Å². The van der Waals surface area contributed by atoms with Crippen LogP contribution in [0.15, 0.2) is 77.3 Å². The third kappa shape index (κ3) is 4.11. The second kappa shape index (κ2) is 8.78. The average molecular weight is 451 g/mol. The first-order valence-corrected chi connectivity index (χ1v) is 10.8. The quantitative estimate of drug-likeness (QED) is 0.314. The summed E-state index contributed by atoms with van der Waals surface area (Å²) in [5, 5.41) is 3.81. The van der Waals surface area contributed by atoms with E-state index in [0.717, 1.165) is 11.1 Å². The minimum absolute atomic E-state index is 0.192. The van der Waals surface area contributed by atoms with E-state index in [1.165, 1.54) is 4.90 Å². The Bertz CT molecular complexity index is 1420. The fourth-order valence-corrected chi connectivity index (χ4v) is 3.87. The molecule has 7 heteroatoms. The Labute approximate surface area is 196 Å². The van der Waals surface area contributed by atoms with Crippen LogP contribution < -0.4 is 9.64 Å². The number of amides is 2. The fourth-order valence-electron chi connectivity index (χ4n) is 3.87. The summed E-state index contributed by atoms with van der Waals surface area (Å²) in [6.45, 7) is 3.84. The molecule has 1 aliphatic rings. The van der Waals surface area contributed by atoms with Crippen molar-refractivity contribution in [2.75, 3.05) is 4.90 Å². The number of imide groups is 1. The van der Waals surface area contributed by atoms with E-state index in [4.69, 9.17) is 9.26 Å². The predicted molar refractivity (Wildman–Crippen MR) is 127 cm³/mol. The van der Waals surface area contributed by atoms with Gasteiger partial charge in [0, 0.05) is 18.1 Å². The number of benzene rings is 3. The largest absolute Gasteiger partial charge is 0.485 e. The lowest BCUT2D eigenvalue weighted by Crippen LogP contribution is -2.41. The maximum absolute atomic E-state index is 13.5. The number of aryl methyl sites for hydroxylation is 2. The molecule has 34 heavy (non-hydrogen) atoms. The molecule has 2 amide bonds. The topological polar surface area (TPSA) is 85.5 Å². The standard InChI is InChI=1S/C27H21N3O4/c1-17-6-5-7-20(14-17)30-26(31)23-9-4-3-8-22(23)24(27(30)32)15-19-10-12-21(13-11-19)33-16-25-28-18(2)34-29-25/h3-15H,16H2,1-2H3/b24-15+. The van der Waals surface area contributed by atoms with Gasteiger partial charge in [-0.25, -0.2) is 4.90 Å². The van der Waals surface area contributed by atoms with E-state index in [1.807, 2.05) is 55.5 Å². The van der Waals surface area contributed by atoms with Crippen molar-refractivity contribution in [2.24, 2.45) is 0 Å². The molecule has 5 rings (SSSR count). The van der Waals surface area contributed by atoms with Crippen LogP contribution in [0, 0.1) is 13.8 Å². The molecule has 0 radical (unpaired) electrons. The van der Waals surface area contributed by atoms with Crippen molar-refractivity contribution in [2.45, 2.75) is 20.5 Å². The molecule has 0 saturated heterocycles. The maximum Gasteiger partial charge on any atom is 0.265 e. The fraction of sp³-hybridized carbons (Fsp3) is 0.111. The first-order valence-electron chi connectivity index (χ1n) is 10.8. The molecule has 2 heterocycles. The van der Waals surface area contributed by atoms with E-state index >= 15 is 0 Å². The Kier molecular flexibility index (Phi) is 5.51. The number of carbonyl (C=O) groups excluding carboxylic acids is 2. The number of rotatable bonds is 5. The Balaban J connectivity index is 1.46. The predicted octanol–water partition coefficient (Wildman–Crippen LogP) is 4.99. The highest BCUT2D eigenvalue weighted by molar-refractivity contribution is 6.43. The van der Waals surface area contributed by atoms with Gasteiger partial charge >= 0.3 is 0 Å². The molecule has 0 aliphatic carbocycles. The van der Waals surface area contributed by atoms with Gasteiger partial charge in [-0.3, -0.25) is 9.59 Å². The lowest BCUT2D eigenvalue weighted by atomic mass is 9.91. The minimum atomic E-state index is -0.359. The normalized spacial score (nSPS) is 14.4. The molecular weight excluding hydrogens is 430 g/mol. The molecule has 7 nitrogen and oxygen atoms in total. The van der Waals surface area contributed by atoms with Crippen LogP contribution in [0.2, 0.25) is 0 Å². The average Bonchev–Trinajstić information content (AvgIpc) is 3.26. The summed E-state index contributed by atoms with van der Waals surface area (Å²) in [5.74, 6) is 0.896. The van der Waals surface area contributed by atoms with Crippen LogP contribution in [0.1, 0.15) is 38.8 Å².